The predicted octanol–water partition coefficient (Wildman–Crippen LogP) is 2.94. The maximum absolute atomic E-state index is 11.9. The summed E-state index contributed by atoms with van der Waals surface area (Å²) in [6.45, 7) is 4.17. The smallest absolute Gasteiger partial charge is 0.313 e. The number of rotatable bonds is 6. The summed E-state index contributed by atoms with van der Waals surface area (Å²) in [5, 5.41) is 16.6. The molecular formula is C18H22N2O3S. The summed E-state index contributed by atoms with van der Waals surface area (Å²) in [6.07, 6.45) is 0.596. The van der Waals surface area contributed by atoms with Crippen LogP contribution < -0.4 is 10.6 Å². The average molecular weight is 346 g/mol. The highest BCUT2D eigenvalue weighted by atomic mass is 32.1. The minimum Gasteiger partial charge on any atom is -0.393 e. The molecule has 0 fully saturated rings. The van der Waals surface area contributed by atoms with E-state index in [2.05, 4.69) is 10.6 Å². The zero-order valence-electron chi connectivity index (χ0n) is 13.8. The molecule has 0 radical (unpaired) electrons. The van der Waals surface area contributed by atoms with Gasteiger partial charge in [-0.25, -0.2) is 0 Å². The van der Waals surface area contributed by atoms with Crippen molar-refractivity contribution in [2.75, 3.05) is 11.9 Å². The minimum atomic E-state index is -0.707. The van der Waals surface area contributed by atoms with Gasteiger partial charge in [0.2, 0.25) is 0 Å². The fraction of sp³-hybridized carbons (Fsp3) is 0.333. The zero-order chi connectivity index (χ0) is 17.5. The third-order valence-electron chi connectivity index (χ3n) is 3.69. The van der Waals surface area contributed by atoms with Crippen molar-refractivity contribution in [3.63, 3.8) is 0 Å². The molecule has 3 N–H and O–H groups in total. The van der Waals surface area contributed by atoms with Crippen LogP contribution in [0.2, 0.25) is 0 Å². The molecule has 0 aliphatic carbocycles. The highest BCUT2D eigenvalue weighted by Gasteiger charge is 2.14. The molecule has 128 valence electrons. The van der Waals surface area contributed by atoms with Gasteiger partial charge < -0.3 is 15.7 Å². The van der Waals surface area contributed by atoms with Gasteiger partial charge in [0, 0.05) is 17.1 Å². The van der Waals surface area contributed by atoms with Crippen LogP contribution in [0.4, 0.5) is 5.69 Å². The maximum Gasteiger partial charge on any atom is 0.313 e. The monoisotopic (exact) mass is 346 g/mol. The Balaban J connectivity index is 1.94. The second kappa shape index (κ2) is 8.61. The van der Waals surface area contributed by atoms with Crippen molar-refractivity contribution < 1.29 is 14.7 Å². The number of thiophene rings is 1. The maximum atomic E-state index is 11.9. The van der Waals surface area contributed by atoms with E-state index >= 15 is 0 Å². The van der Waals surface area contributed by atoms with Crippen molar-refractivity contribution in [1.29, 1.82) is 0 Å². The van der Waals surface area contributed by atoms with E-state index in [9.17, 15) is 14.7 Å². The Morgan fingerprint density at radius 3 is 2.71 bits per heavy atom. The van der Waals surface area contributed by atoms with Gasteiger partial charge in [-0.3, -0.25) is 9.59 Å². The molecule has 1 atom stereocenters. The Hall–Kier alpha value is -2.18. The molecule has 6 heteroatoms. The van der Waals surface area contributed by atoms with Crippen molar-refractivity contribution in [3.05, 3.63) is 41.3 Å². The number of hydrogen-bond acceptors (Lipinski definition) is 4. The third-order valence-corrected chi connectivity index (χ3v) is 4.75. The first-order valence-electron chi connectivity index (χ1n) is 7.93. The van der Waals surface area contributed by atoms with Gasteiger partial charge in [0.05, 0.1) is 6.10 Å². The molecule has 24 heavy (non-hydrogen) atoms. The number of carbonyl (C=O) groups excluding carboxylic acids is 2. The van der Waals surface area contributed by atoms with E-state index < -0.39 is 17.9 Å². The fourth-order valence-electron chi connectivity index (χ4n) is 2.23. The van der Waals surface area contributed by atoms with Crippen molar-refractivity contribution in [2.24, 2.45) is 0 Å². The Morgan fingerprint density at radius 2 is 2.04 bits per heavy atom. The van der Waals surface area contributed by atoms with E-state index in [-0.39, 0.29) is 6.54 Å². The molecule has 0 aliphatic heterocycles. The van der Waals surface area contributed by atoms with E-state index in [0.29, 0.717) is 18.5 Å². The number of aliphatic hydroxyl groups is 1. The van der Waals surface area contributed by atoms with Crippen LogP contribution in [-0.4, -0.2) is 29.6 Å². The number of carbonyl (C=O) groups is 2. The van der Waals surface area contributed by atoms with Gasteiger partial charge in [-0.05, 0) is 54.5 Å². The number of aryl methyl sites for hydroxylation is 1. The van der Waals surface area contributed by atoms with E-state index in [1.807, 2.05) is 43.5 Å². The normalized spacial score (nSPS) is 11.8. The van der Waals surface area contributed by atoms with E-state index in [0.717, 1.165) is 10.4 Å². The highest BCUT2D eigenvalue weighted by Crippen LogP contribution is 2.30. The summed E-state index contributed by atoms with van der Waals surface area (Å²) in [5.74, 6) is -1.41. The first-order valence-corrected chi connectivity index (χ1v) is 8.81. The molecule has 1 heterocycles. The number of nitrogens with one attached hydrogen (secondary N) is 2. The summed E-state index contributed by atoms with van der Waals surface area (Å²) >= 11 is 1.64. The first kappa shape index (κ1) is 18.2. The summed E-state index contributed by atoms with van der Waals surface area (Å²) in [6, 6.07) is 9.47. The third kappa shape index (κ3) is 4.91. The van der Waals surface area contributed by atoms with Gasteiger partial charge in [0.25, 0.3) is 0 Å². The second-order valence-electron chi connectivity index (χ2n) is 5.57. The van der Waals surface area contributed by atoms with Crippen molar-refractivity contribution in [2.45, 2.75) is 32.8 Å². The quantitative estimate of drug-likeness (QED) is 0.704. The van der Waals surface area contributed by atoms with Crippen LogP contribution in [0.15, 0.2) is 35.7 Å². The van der Waals surface area contributed by atoms with Crippen molar-refractivity contribution in [3.8, 4) is 10.4 Å². The summed E-state index contributed by atoms with van der Waals surface area (Å²) in [7, 11) is 0. The Morgan fingerprint density at radius 1 is 1.25 bits per heavy atom. The van der Waals surface area contributed by atoms with Gasteiger partial charge >= 0.3 is 11.8 Å². The van der Waals surface area contributed by atoms with Gasteiger partial charge in [-0.2, -0.15) is 0 Å². The molecule has 2 rings (SSSR count). The molecule has 0 saturated heterocycles. The first-order chi connectivity index (χ1) is 11.5. The van der Waals surface area contributed by atoms with Crippen LogP contribution in [0.25, 0.3) is 10.4 Å². The van der Waals surface area contributed by atoms with Crippen LogP contribution in [0.1, 0.15) is 25.3 Å². The number of amides is 2. The number of hydrogen-bond donors (Lipinski definition) is 3. The van der Waals surface area contributed by atoms with E-state index in [1.54, 1.807) is 17.4 Å². The van der Waals surface area contributed by atoms with Crippen molar-refractivity contribution in [1.82, 2.24) is 5.32 Å². The standard InChI is InChI=1S/C18H22N2O3S/c1-3-15(21)7-9-19-17(22)18(23)20-14-6-4-5-13(11-14)16-12(2)8-10-24-16/h4-6,8,10-11,15,21H,3,7,9H2,1-2H3,(H,19,22)(H,20,23). The summed E-state index contributed by atoms with van der Waals surface area (Å²) in [5.41, 5.74) is 2.76. The number of aliphatic hydroxyl groups excluding tert-OH is 1. The largest absolute Gasteiger partial charge is 0.393 e. The molecule has 1 unspecified atom stereocenters. The molecule has 0 aliphatic rings. The van der Waals surface area contributed by atoms with Gasteiger partial charge in [-0.15, -0.1) is 11.3 Å². The molecule has 2 aromatic rings. The molecule has 2 amide bonds. The lowest BCUT2D eigenvalue weighted by molar-refractivity contribution is -0.136. The molecule has 1 aromatic carbocycles. The number of anilines is 1. The lowest BCUT2D eigenvalue weighted by Gasteiger charge is -2.10. The molecule has 0 spiro atoms. The van der Waals surface area contributed by atoms with Crippen LogP contribution in [0, 0.1) is 6.92 Å². The second-order valence-corrected chi connectivity index (χ2v) is 6.49. The summed E-state index contributed by atoms with van der Waals surface area (Å²) in [4.78, 5) is 24.9. The van der Waals surface area contributed by atoms with Gasteiger partial charge in [0.1, 0.15) is 0 Å². The lowest BCUT2D eigenvalue weighted by atomic mass is 10.1. The Labute approximate surface area is 145 Å². The van der Waals surface area contributed by atoms with Gasteiger partial charge in [0.15, 0.2) is 0 Å². The summed E-state index contributed by atoms with van der Waals surface area (Å²) < 4.78 is 0. The molecule has 0 bridgehead atoms. The molecule has 0 saturated carbocycles. The van der Waals surface area contributed by atoms with E-state index in [1.165, 1.54) is 5.56 Å². The predicted molar refractivity (Wildman–Crippen MR) is 97.0 cm³/mol. The average Bonchev–Trinajstić information content (AvgIpc) is 3.00. The lowest BCUT2D eigenvalue weighted by Crippen LogP contribution is -2.36. The molecular weight excluding hydrogens is 324 g/mol. The van der Waals surface area contributed by atoms with Crippen LogP contribution in [-0.2, 0) is 9.59 Å². The minimum absolute atomic E-state index is 0.274. The SMILES string of the molecule is CCC(O)CCNC(=O)C(=O)Nc1cccc(-c2sccc2C)c1. The Kier molecular flexibility index (Phi) is 6.52. The molecule has 1 aromatic heterocycles. The van der Waals surface area contributed by atoms with Crippen LogP contribution in [0.5, 0.6) is 0 Å². The van der Waals surface area contributed by atoms with E-state index in [4.69, 9.17) is 0 Å². The van der Waals surface area contributed by atoms with Crippen LogP contribution >= 0.6 is 11.3 Å². The zero-order valence-corrected chi connectivity index (χ0v) is 14.7. The highest BCUT2D eigenvalue weighted by molar-refractivity contribution is 7.13. The number of benzene rings is 1. The van der Waals surface area contributed by atoms with Crippen LogP contribution in [0.3, 0.4) is 0 Å². The van der Waals surface area contributed by atoms with Gasteiger partial charge in [-0.1, -0.05) is 19.1 Å². The Bertz CT molecular complexity index is 712. The topological polar surface area (TPSA) is 78.4 Å². The fourth-order valence-corrected chi connectivity index (χ4v) is 3.16. The van der Waals surface area contributed by atoms with Crippen molar-refractivity contribution >= 4 is 28.8 Å². The molecule has 5 nitrogen and oxygen atoms in total.